The summed E-state index contributed by atoms with van der Waals surface area (Å²) < 4.78 is 0.904. The number of aromatic nitrogens is 2. The van der Waals surface area contributed by atoms with Gasteiger partial charge in [-0.05, 0) is 36.4 Å². The summed E-state index contributed by atoms with van der Waals surface area (Å²) in [7, 11) is 0. The van der Waals surface area contributed by atoms with Crippen LogP contribution in [0.2, 0.25) is 5.02 Å². The zero-order chi connectivity index (χ0) is 12.7. The number of hydrogen-bond acceptors (Lipinski definition) is 2. The predicted octanol–water partition coefficient (Wildman–Crippen LogP) is 4.35. The highest BCUT2D eigenvalue weighted by molar-refractivity contribution is 9.10. The van der Waals surface area contributed by atoms with Gasteiger partial charge in [-0.25, -0.2) is 4.98 Å². The number of phenols is 1. The number of fused-ring (bicyclic) bond motifs is 1. The summed E-state index contributed by atoms with van der Waals surface area (Å²) in [5.41, 5.74) is 2.51. The van der Waals surface area contributed by atoms with E-state index in [0.717, 1.165) is 26.9 Å². The summed E-state index contributed by atoms with van der Waals surface area (Å²) in [4.78, 5) is 7.67. The van der Waals surface area contributed by atoms with Gasteiger partial charge in [0.15, 0.2) is 0 Å². The zero-order valence-electron chi connectivity index (χ0n) is 9.11. The minimum absolute atomic E-state index is 0.232. The Morgan fingerprint density at radius 1 is 1.17 bits per heavy atom. The number of rotatable bonds is 1. The van der Waals surface area contributed by atoms with Crippen LogP contribution >= 0.6 is 27.5 Å². The van der Waals surface area contributed by atoms with Gasteiger partial charge in [-0.15, -0.1) is 0 Å². The Balaban J connectivity index is 2.19. The second-order valence-corrected chi connectivity index (χ2v) is 5.24. The Bertz CT molecular complexity index is 722. The highest BCUT2D eigenvalue weighted by Gasteiger charge is 2.09. The number of aromatic hydroxyl groups is 1. The van der Waals surface area contributed by atoms with Gasteiger partial charge in [-0.2, -0.15) is 0 Å². The molecule has 0 aliphatic heterocycles. The van der Waals surface area contributed by atoms with Crippen molar-refractivity contribution in [1.29, 1.82) is 0 Å². The maximum Gasteiger partial charge on any atom is 0.138 e. The van der Waals surface area contributed by atoms with Crippen molar-refractivity contribution in [2.45, 2.75) is 0 Å². The maximum atomic E-state index is 9.27. The maximum absolute atomic E-state index is 9.27. The van der Waals surface area contributed by atoms with Gasteiger partial charge >= 0.3 is 0 Å². The van der Waals surface area contributed by atoms with Gasteiger partial charge in [-0.3, -0.25) is 0 Å². The van der Waals surface area contributed by atoms with Gasteiger partial charge < -0.3 is 10.1 Å². The average molecular weight is 324 g/mol. The van der Waals surface area contributed by atoms with Crippen LogP contribution < -0.4 is 0 Å². The van der Waals surface area contributed by atoms with Crippen LogP contribution in [0.4, 0.5) is 0 Å². The number of aromatic amines is 1. The van der Waals surface area contributed by atoms with E-state index in [2.05, 4.69) is 25.9 Å². The van der Waals surface area contributed by atoms with E-state index in [1.54, 1.807) is 24.3 Å². The second kappa shape index (κ2) is 4.30. The Morgan fingerprint density at radius 3 is 2.61 bits per heavy atom. The van der Waals surface area contributed by atoms with Crippen LogP contribution in [-0.2, 0) is 0 Å². The van der Waals surface area contributed by atoms with Crippen LogP contribution in [-0.4, -0.2) is 15.1 Å². The van der Waals surface area contributed by atoms with Gasteiger partial charge in [-0.1, -0.05) is 27.5 Å². The van der Waals surface area contributed by atoms with E-state index in [0.29, 0.717) is 5.02 Å². The quantitative estimate of drug-likeness (QED) is 0.699. The molecule has 5 heteroatoms. The van der Waals surface area contributed by atoms with Gasteiger partial charge in [0, 0.05) is 10.0 Å². The topological polar surface area (TPSA) is 48.9 Å². The highest BCUT2D eigenvalue weighted by Crippen LogP contribution is 2.29. The van der Waals surface area contributed by atoms with Crippen LogP contribution in [0.25, 0.3) is 22.4 Å². The lowest BCUT2D eigenvalue weighted by atomic mass is 10.2. The molecule has 0 saturated heterocycles. The molecule has 1 aromatic heterocycles. The van der Waals surface area contributed by atoms with Crippen LogP contribution in [0.15, 0.2) is 40.9 Å². The lowest BCUT2D eigenvalue weighted by Gasteiger charge is -1.95. The molecular formula is C13H8BrClN2O. The molecule has 0 unspecified atom stereocenters. The van der Waals surface area contributed by atoms with Gasteiger partial charge in [0.1, 0.15) is 17.1 Å². The van der Waals surface area contributed by atoms with Crippen molar-refractivity contribution in [1.82, 2.24) is 9.97 Å². The molecule has 0 aliphatic carbocycles. The first-order valence-corrected chi connectivity index (χ1v) is 6.45. The summed E-state index contributed by atoms with van der Waals surface area (Å²) in [6.07, 6.45) is 0. The fraction of sp³-hybridized carbons (Fsp3) is 0. The van der Waals surface area contributed by atoms with Crippen LogP contribution in [0.1, 0.15) is 0 Å². The third kappa shape index (κ3) is 1.98. The SMILES string of the molecule is Oc1ccc(-c2nc3c(Cl)cc(Br)cc3[nH]2)cc1. The Kier molecular flexibility index (Phi) is 2.76. The standard InChI is InChI=1S/C13H8BrClN2O/c14-8-5-10(15)12-11(6-8)16-13(17-12)7-1-3-9(18)4-2-7/h1-6,18H,(H,16,17). The number of phenolic OH excluding ortho intramolecular Hbond substituents is 1. The molecule has 0 bridgehead atoms. The summed E-state index contributed by atoms with van der Waals surface area (Å²) in [6, 6.07) is 10.6. The molecule has 2 aromatic carbocycles. The molecule has 0 radical (unpaired) electrons. The summed E-state index contributed by atoms with van der Waals surface area (Å²) in [5.74, 6) is 0.959. The zero-order valence-corrected chi connectivity index (χ0v) is 11.5. The molecule has 0 fully saturated rings. The molecule has 0 spiro atoms. The normalized spacial score (nSPS) is 11.0. The number of halogens is 2. The average Bonchev–Trinajstić information content (AvgIpc) is 2.74. The highest BCUT2D eigenvalue weighted by atomic mass is 79.9. The van der Waals surface area contributed by atoms with E-state index in [-0.39, 0.29) is 5.75 Å². The monoisotopic (exact) mass is 322 g/mol. The molecular weight excluding hydrogens is 316 g/mol. The van der Waals surface area contributed by atoms with Gasteiger partial charge in [0.05, 0.1) is 10.5 Å². The summed E-state index contributed by atoms with van der Waals surface area (Å²) >= 11 is 9.53. The Hall–Kier alpha value is -1.52. The van der Waals surface area contributed by atoms with E-state index in [4.69, 9.17) is 11.6 Å². The van der Waals surface area contributed by atoms with Crippen molar-refractivity contribution >= 4 is 38.6 Å². The molecule has 0 saturated carbocycles. The predicted molar refractivity (Wildman–Crippen MR) is 75.9 cm³/mol. The fourth-order valence-corrected chi connectivity index (χ4v) is 2.65. The third-order valence-electron chi connectivity index (χ3n) is 2.65. The molecule has 0 aliphatic rings. The molecule has 2 N–H and O–H groups in total. The number of nitrogens with zero attached hydrogens (tertiary/aromatic N) is 1. The molecule has 3 aromatic rings. The summed E-state index contributed by atoms with van der Waals surface area (Å²) in [6.45, 7) is 0. The molecule has 90 valence electrons. The first-order chi connectivity index (χ1) is 8.63. The second-order valence-electron chi connectivity index (χ2n) is 3.92. The largest absolute Gasteiger partial charge is 0.508 e. The number of hydrogen-bond donors (Lipinski definition) is 2. The van der Waals surface area contributed by atoms with Crippen molar-refractivity contribution in [2.75, 3.05) is 0 Å². The van der Waals surface area contributed by atoms with Crippen LogP contribution in [0.5, 0.6) is 5.75 Å². The van der Waals surface area contributed by atoms with Crippen molar-refractivity contribution in [3.05, 3.63) is 45.9 Å². The van der Waals surface area contributed by atoms with Crippen molar-refractivity contribution < 1.29 is 5.11 Å². The molecule has 3 nitrogen and oxygen atoms in total. The van der Waals surface area contributed by atoms with E-state index in [9.17, 15) is 5.11 Å². The molecule has 3 rings (SSSR count). The van der Waals surface area contributed by atoms with Gasteiger partial charge in [0.25, 0.3) is 0 Å². The molecule has 0 atom stereocenters. The molecule has 18 heavy (non-hydrogen) atoms. The Morgan fingerprint density at radius 2 is 1.89 bits per heavy atom. The van der Waals surface area contributed by atoms with E-state index in [1.807, 2.05) is 12.1 Å². The third-order valence-corrected chi connectivity index (χ3v) is 3.39. The first kappa shape index (κ1) is 11.6. The lowest BCUT2D eigenvalue weighted by molar-refractivity contribution is 0.475. The summed E-state index contributed by atoms with van der Waals surface area (Å²) in [5, 5.41) is 9.86. The molecule has 1 heterocycles. The Labute approximate surface area is 117 Å². The van der Waals surface area contributed by atoms with E-state index >= 15 is 0 Å². The number of nitrogens with one attached hydrogen (secondary N) is 1. The van der Waals surface area contributed by atoms with Crippen LogP contribution in [0, 0.1) is 0 Å². The van der Waals surface area contributed by atoms with Crippen LogP contribution in [0.3, 0.4) is 0 Å². The van der Waals surface area contributed by atoms with Crippen molar-refractivity contribution in [3.8, 4) is 17.1 Å². The van der Waals surface area contributed by atoms with E-state index in [1.165, 1.54) is 0 Å². The van der Waals surface area contributed by atoms with E-state index < -0.39 is 0 Å². The minimum atomic E-state index is 0.232. The fourth-order valence-electron chi connectivity index (χ4n) is 1.80. The van der Waals surface area contributed by atoms with Crippen molar-refractivity contribution in [3.63, 3.8) is 0 Å². The number of benzene rings is 2. The number of H-pyrrole nitrogens is 1. The van der Waals surface area contributed by atoms with Gasteiger partial charge in [0.2, 0.25) is 0 Å². The number of imidazole rings is 1. The lowest BCUT2D eigenvalue weighted by Crippen LogP contribution is -1.78. The molecule has 0 amide bonds. The first-order valence-electron chi connectivity index (χ1n) is 5.27. The minimum Gasteiger partial charge on any atom is -0.508 e. The smallest absolute Gasteiger partial charge is 0.138 e. The van der Waals surface area contributed by atoms with Crippen molar-refractivity contribution in [2.24, 2.45) is 0 Å².